The Hall–Kier alpha value is -3.15. The summed E-state index contributed by atoms with van der Waals surface area (Å²) in [6, 6.07) is 12.8. The molecule has 0 bridgehead atoms. The molecular weight excluding hydrogens is 332 g/mol. The lowest BCUT2D eigenvalue weighted by molar-refractivity contribution is -0.121. The number of hydrogen-bond acceptors (Lipinski definition) is 4. The number of ketones is 1. The van der Waals surface area contributed by atoms with Crippen molar-refractivity contribution in [3.05, 3.63) is 59.2 Å². The fraction of sp³-hybridized carbons (Fsp3) is 0.250. The molecule has 0 aliphatic carbocycles. The number of ether oxygens (including phenoxy) is 1. The van der Waals surface area contributed by atoms with Crippen LogP contribution in [0.1, 0.15) is 34.3 Å². The number of amides is 2. The largest absolute Gasteiger partial charge is 0.482 e. The first-order chi connectivity index (χ1) is 12.5. The van der Waals surface area contributed by atoms with Crippen molar-refractivity contribution in [3.8, 4) is 5.75 Å². The monoisotopic (exact) mass is 352 g/mol. The molecule has 1 aliphatic heterocycles. The lowest BCUT2D eigenvalue weighted by atomic mass is 10.0. The van der Waals surface area contributed by atoms with Crippen molar-refractivity contribution in [1.29, 1.82) is 0 Å². The number of anilines is 1. The summed E-state index contributed by atoms with van der Waals surface area (Å²) in [4.78, 5) is 35.6. The van der Waals surface area contributed by atoms with Crippen LogP contribution in [0.2, 0.25) is 0 Å². The highest BCUT2D eigenvalue weighted by Gasteiger charge is 2.18. The van der Waals surface area contributed by atoms with Gasteiger partial charge in [0, 0.05) is 24.9 Å². The Morgan fingerprint density at radius 1 is 1.15 bits per heavy atom. The molecule has 6 heteroatoms. The van der Waals surface area contributed by atoms with Crippen LogP contribution >= 0.6 is 0 Å². The van der Waals surface area contributed by atoms with Crippen molar-refractivity contribution in [2.75, 3.05) is 11.9 Å². The zero-order valence-corrected chi connectivity index (χ0v) is 14.5. The Kier molecular flexibility index (Phi) is 5.31. The second-order valence-corrected chi connectivity index (χ2v) is 6.24. The normalized spacial score (nSPS) is 12.6. The molecule has 0 aromatic heterocycles. The van der Waals surface area contributed by atoms with Gasteiger partial charge in [-0.1, -0.05) is 29.8 Å². The van der Waals surface area contributed by atoms with E-state index in [1.54, 1.807) is 18.2 Å². The summed E-state index contributed by atoms with van der Waals surface area (Å²) in [5.74, 6) is -0.0394. The SMILES string of the molecule is Cc1cccc(CNC(=O)CCC(=O)c2ccc3c(c2)NC(=O)CO3)c1. The number of aryl methyl sites for hydroxylation is 1. The van der Waals surface area contributed by atoms with Gasteiger partial charge in [0.2, 0.25) is 5.91 Å². The van der Waals surface area contributed by atoms with Crippen LogP contribution < -0.4 is 15.4 Å². The molecule has 0 saturated carbocycles. The summed E-state index contributed by atoms with van der Waals surface area (Å²) < 4.78 is 5.26. The number of carbonyl (C=O) groups excluding carboxylic acids is 3. The molecule has 0 radical (unpaired) electrons. The Balaban J connectivity index is 1.51. The third-order valence-electron chi connectivity index (χ3n) is 4.09. The van der Waals surface area contributed by atoms with Gasteiger partial charge in [-0.15, -0.1) is 0 Å². The Bertz CT molecular complexity index is 861. The van der Waals surface area contributed by atoms with Gasteiger partial charge in [-0.25, -0.2) is 0 Å². The van der Waals surface area contributed by atoms with Gasteiger partial charge < -0.3 is 15.4 Å². The summed E-state index contributed by atoms with van der Waals surface area (Å²) in [7, 11) is 0. The number of fused-ring (bicyclic) bond motifs is 1. The number of Topliss-reactive ketones (excluding diaryl/α,β-unsaturated/α-hetero) is 1. The molecule has 1 heterocycles. The maximum atomic E-state index is 12.3. The highest BCUT2D eigenvalue weighted by Crippen LogP contribution is 2.28. The molecule has 1 aliphatic rings. The van der Waals surface area contributed by atoms with E-state index in [1.807, 2.05) is 31.2 Å². The van der Waals surface area contributed by atoms with Crippen molar-refractivity contribution in [2.45, 2.75) is 26.3 Å². The molecule has 0 unspecified atom stereocenters. The van der Waals surface area contributed by atoms with Crippen LogP contribution in [-0.2, 0) is 16.1 Å². The molecule has 3 rings (SSSR count). The fourth-order valence-corrected chi connectivity index (χ4v) is 2.74. The molecule has 26 heavy (non-hydrogen) atoms. The summed E-state index contributed by atoms with van der Waals surface area (Å²) in [6.07, 6.45) is 0.220. The van der Waals surface area contributed by atoms with Gasteiger partial charge in [-0.05, 0) is 30.7 Å². The first-order valence-corrected chi connectivity index (χ1v) is 8.43. The number of hydrogen-bond donors (Lipinski definition) is 2. The fourth-order valence-electron chi connectivity index (χ4n) is 2.74. The molecule has 6 nitrogen and oxygen atoms in total. The van der Waals surface area contributed by atoms with Crippen LogP contribution in [0.5, 0.6) is 5.75 Å². The van der Waals surface area contributed by atoms with Crippen LogP contribution in [0.3, 0.4) is 0 Å². The van der Waals surface area contributed by atoms with Crippen molar-refractivity contribution < 1.29 is 19.1 Å². The first-order valence-electron chi connectivity index (χ1n) is 8.43. The standard InChI is InChI=1S/C20H20N2O4/c1-13-3-2-4-14(9-13)11-21-19(24)8-6-17(23)15-5-7-18-16(10-15)22-20(25)12-26-18/h2-5,7,9-10H,6,8,11-12H2,1H3,(H,21,24)(H,22,25). The van der Waals surface area contributed by atoms with Gasteiger partial charge in [-0.3, -0.25) is 14.4 Å². The first kappa shape index (κ1) is 17.7. The van der Waals surface area contributed by atoms with Gasteiger partial charge in [0.15, 0.2) is 12.4 Å². The minimum atomic E-state index is -0.252. The highest BCUT2D eigenvalue weighted by molar-refractivity contribution is 6.01. The van der Waals surface area contributed by atoms with E-state index in [0.29, 0.717) is 23.5 Å². The van der Waals surface area contributed by atoms with E-state index >= 15 is 0 Å². The van der Waals surface area contributed by atoms with Crippen LogP contribution in [0.4, 0.5) is 5.69 Å². The van der Waals surface area contributed by atoms with Gasteiger partial charge in [0.05, 0.1) is 5.69 Å². The Labute approximate surface area is 151 Å². The van der Waals surface area contributed by atoms with Gasteiger partial charge in [-0.2, -0.15) is 0 Å². The molecule has 2 amide bonds. The van der Waals surface area contributed by atoms with Crippen LogP contribution in [0.25, 0.3) is 0 Å². The van der Waals surface area contributed by atoms with E-state index in [-0.39, 0.29) is 37.0 Å². The van der Waals surface area contributed by atoms with Crippen LogP contribution in [0.15, 0.2) is 42.5 Å². The van der Waals surface area contributed by atoms with E-state index < -0.39 is 0 Å². The molecule has 2 N–H and O–H groups in total. The third-order valence-corrected chi connectivity index (χ3v) is 4.09. The molecule has 0 saturated heterocycles. The van der Waals surface area contributed by atoms with Gasteiger partial charge in [0.25, 0.3) is 5.91 Å². The summed E-state index contributed by atoms with van der Waals surface area (Å²) in [6.45, 7) is 2.41. The summed E-state index contributed by atoms with van der Waals surface area (Å²) >= 11 is 0. The molecule has 2 aromatic carbocycles. The van der Waals surface area contributed by atoms with Crippen molar-refractivity contribution in [1.82, 2.24) is 5.32 Å². The molecule has 0 spiro atoms. The van der Waals surface area contributed by atoms with Crippen LogP contribution in [0, 0.1) is 6.92 Å². The summed E-state index contributed by atoms with van der Waals surface area (Å²) in [5.41, 5.74) is 3.09. The van der Waals surface area contributed by atoms with E-state index in [1.165, 1.54) is 0 Å². The highest BCUT2D eigenvalue weighted by atomic mass is 16.5. The quantitative estimate of drug-likeness (QED) is 0.783. The van der Waals surface area contributed by atoms with Crippen molar-refractivity contribution >= 4 is 23.3 Å². The summed E-state index contributed by atoms with van der Waals surface area (Å²) in [5, 5.41) is 5.49. The Morgan fingerprint density at radius 2 is 2.00 bits per heavy atom. The molecule has 0 atom stereocenters. The van der Waals surface area contributed by atoms with E-state index in [2.05, 4.69) is 10.6 Å². The zero-order chi connectivity index (χ0) is 18.5. The predicted molar refractivity (Wildman–Crippen MR) is 97.2 cm³/mol. The molecule has 0 fully saturated rings. The lowest BCUT2D eigenvalue weighted by Gasteiger charge is -2.18. The second-order valence-electron chi connectivity index (χ2n) is 6.24. The zero-order valence-electron chi connectivity index (χ0n) is 14.5. The second kappa shape index (κ2) is 7.82. The molecule has 134 valence electrons. The van der Waals surface area contributed by atoms with Crippen LogP contribution in [-0.4, -0.2) is 24.2 Å². The number of nitrogens with one attached hydrogen (secondary N) is 2. The topological polar surface area (TPSA) is 84.5 Å². The smallest absolute Gasteiger partial charge is 0.262 e. The van der Waals surface area contributed by atoms with Crippen molar-refractivity contribution in [2.24, 2.45) is 0 Å². The molecule has 2 aromatic rings. The van der Waals surface area contributed by atoms with E-state index in [4.69, 9.17) is 4.74 Å². The average Bonchev–Trinajstić information content (AvgIpc) is 2.63. The predicted octanol–water partition coefficient (Wildman–Crippen LogP) is 2.61. The third kappa shape index (κ3) is 4.47. The average molecular weight is 352 g/mol. The van der Waals surface area contributed by atoms with Gasteiger partial charge in [0.1, 0.15) is 5.75 Å². The number of benzene rings is 2. The van der Waals surface area contributed by atoms with E-state index in [9.17, 15) is 14.4 Å². The maximum Gasteiger partial charge on any atom is 0.262 e. The molecular formula is C20H20N2O4. The minimum Gasteiger partial charge on any atom is -0.482 e. The lowest BCUT2D eigenvalue weighted by Crippen LogP contribution is -2.25. The van der Waals surface area contributed by atoms with Crippen molar-refractivity contribution in [3.63, 3.8) is 0 Å². The van der Waals surface area contributed by atoms with E-state index in [0.717, 1.165) is 11.1 Å². The Morgan fingerprint density at radius 3 is 2.81 bits per heavy atom. The number of carbonyl (C=O) groups is 3. The number of rotatable bonds is 6. The maximum absolute atomic E-state index is 12.3. The minimum absolute atomic E-state index is 0.0264. The van der Waals surface area contributed by atoms with Gasteiger partial charge >= 0.3 is 0 Å².